The van der Waals surface area contributed by atoms with Gasteiger partial charge in [0.25, 0.3) is 5.89 Å². The molecule has 1 atom stereocenters. The first-order valence-electron chi connectivity index (χ1n) is 5.71. The van der Waals surface area contributed by atoms with E-state index >= 15 is 0 Å². The molecule has 0 saturated carbocycles. The van der Waals surface area contributed by atoms with E-state index < -0.39 is 6.10 Å². The van der Waals surface area contributed by atoms with Crippen LogP contribution in [0.4, 0.5) is 0 Å². The van der Waals surface area contributed by atoms with Gasteiger partial charge in [0, 0.05) is 5.56 Å². The number of aryl methyl sites for hydroxylation is 2. The Morgan fingerprint density at radius 3 is 2.53 bits per heavy atom. The molecule has 4 heteroatoms. The first kappa shape index (κ1) is 11.8. The summed E-state index contributed by atoms with van der Waals surface area (Å²) in [6.07, 6.45) is -0.0806. The number of aliphatic hydroxyl groups excluding tert-OH is 1. The first-order valence-corrected chi connectivity index (χ1v) is 5.71. The highest BCUT2D eigenvalue weighted by molar-refractivity contribution is 5.62. The lowest BCUT2D eigenvalue weighted by molar-refractivity contribution is 0.159. The van der Waals surface area contributed by atoms with Gasteiger partial charge < -0.3 is 9.63 Å². The molecule has 0 fully saturated rings. The van der Waals surface area contributed by atoms with E-state index in [-0.39, 0.29) is 0 Å². The molecule has 2 aromatic rings. The first-order chi connectivity index (χ1) is 8.13. The topological polar surface area (TPSA) is 59.2 Å². The van der Waals surface area contributed by atoms with Gasteiger partial charge in [-0.25, -0.2) is 0 Å². The van der Waals surface area contributed by atoms with Crippen molar-refractivity contribution in [3.63, 3.8) is 0 Å². The molecular formula is C13H16N2O2. The summed E-state index contributed by atoms with van der Waals surface area (Å²) in [4.78, 5) is 4.25. The Morgan fingerprint density at radius 1 is 1.29 bits per heavy atom. The fourth-order valence-corrected chi connectivity index (χ4v) is 1.81. The van der Waals surface area contributed by atoms with Crippen molar-refractivity contribution in [3.05, 3.63) is 35.2 Å². The van der Waals surface area contributed by atoms with Gasteiger partial charge >= 0.3 is 0 Å². The Bertz CT molecular complexity index is 500. The molecule has 0 aliphatic rings. The number of rotatable bonds is 3. The Kier molecular flexibility index (Phi) is 3.24. The van der Waals surface area contributed by atoms with Crippen LogP contribution >= 0.6 is 0 Å². The van der Waals surface area contributed by atoms with Crippen LogP contribution in [0.1, 0.15) is 36.4 Å². The van der Waals surface area contributed by atoms with Crippen LogP contribution in [0.5, 0.6) is 0 Å². The second-order valence-corrected chi connectivity index (χ2v) is 4.15. The molecule has 0 spiro atoms. The second-order valence-electron chi connectivity index (χ2n) is 4.15. The molecule has 1 aromatic heterocycles. The maximum atomic E-state index is 9.64. The van der Waals surface area contributed by atoms with Crippen LogP contribution in [0.3, 0.4) is 0 Å². The Hall–Kier alpha value is -1.68. The summed E-state index contributed by atoms with van der Waals surface area (Å²) in [5.41, 5.74) is 3.13. The number of aromatic nitrogens is 2. The van der Waals surface area contributed by atoms with Gasteiger partial charge in [-0.2, -0.15) is 4.98 Å². The van der Waals surface area contributed by atoms with Gasteiger partial charge in [-0.15, -0.1) is 0 Å². The smallest absolute Gasteiger partial charge is 0.258 e. The van der Waals surface area contributed by atoms with Crippen LogP contribution in [0, 0.1) is 13.8 Å². The predicted molar refractivity (Wildman–Crippen MR) is 64.5 cm³/mol. The van der Waals surface area contributed by atoms with Gasteiger partial charge in [0.2, 0.25) is 5.82 Å². The zero-order chi connectivity index (χ0) is 12.4. The summed E-state index contributed by atoms with van der Waals surface area (Å²) < 4.78 is 5.21. The van der Waals surface area contributed by atoms with E-state index in [0.717, 1.165) is 16.7 Å². The molecule has 17 heavy (non-hydrogen) atoms. The standard InChI is InChI=1S/C13H16N2O2/c1-4-10(16)12-14-13(17-15-12)11-8(2)6-5-7-9(11)3/h5-7,10,16H,4H2,1-3H3. The summed E-state index contributed by atoms with van der Waals surface area (Å²) in [5.74, 6) is 0.827. The third-order valence-corrected chi connectivity index (χ3v) is 2.82. The van der Waals surface area contributed by atoms with Crippen molar-refractivity contribution < 1.29 is 9.63 Å². The summed E-state index contributed by atoms with van der Waals surface area (Å²) in [7, 11) is 0. The average molecular weight is 232 g/mol. The number of benzene rings is 1. The van der Waals surface area contributed by atoms with E-state index in [1.54, 1.807) is 0 Å². The second kappa shape index (κ2) is 4.67. The largest absolute Gasteiger partial charge is 0.385 e. The summed E-state index contributed by atoms with van der Waals surface area (Å²) in [6.45, 7) is 5.88. The molecule has 1 N–H and O–H groups in total. The van der Waals surface area contributed by atoms with Gasteiger partial charge in [0.15, 0.2) is 0 Å². The zero-order valence-corrected chi connectivity index (χ0v) is 10.3. The minimum atomic E-state index is -0.656. The molecular weight excluding hydrogens is 216 g/mol. The number of hydrogen-bond donors (Lipinski definition) is 1. The van der Waals surface area contributed by atoms with Gasteiger partial charge in [-0.3, -0.25) is 0 Å². The van der Waals surface area contributed by atoms with Crippen LogP contribution in [0.15, 0.2) is 22.7 Å². The lowest BCUT2D eigenvalue weighted by Gasteiger charge is -2.04. The van der Waals surface area contributed by atoms with E-state index in [2.05, 4.69) is 10.1 Å². The van der Waals surface area contributed by atoms with Crippen LogP contribution < -0.4 is 0 Å². The molecule has 2 rings (SSSR count). The highest BCUT2D eigenvalue weighted by Crippen LogP contribution is 2.26. The van der Waals surface area contributed by atoms with Gasteiger partial charge in [-0.05, 0) is 31.4 Å². The molecule has 1 heterocycles. The summed E-state index contributed by atoms with van der Waals surface area (Å²) in [5, 5.41) is 13.5. The minimum Gasteiger partial charge on any atom is -0.385 e. The van der Waals surface area contributed by atoms with Crippen LogP contribution in [0.2, 0.25) is 0 Å². The molecule has 0 bridgehead atoms. The fraction of sp³-hybridized carbons (Fsp3) is 0.385. The fourth-order valence-electron chi connectivity index (χ4n) is 1.81. The molecule has 0 amide bonds. The van der Waals surface area contributed by atoms with Crippen molar-refractivity contribution >= 4 is 0 Å². The SMILES string of the molecule is CCC(O)c1noc(-c2c(C)cccc2C)n1. The van der Waals surface area contributed by atoms with Crippen molar-refractivity contribution in [1.29, 1.82) is 0 Å². The molecule has 0 aliphatic carbocycles. The van der Waals surface area contributed by atoms with E-state index in [1.165, 1.54) is 0 Å². The number of aliphatic hydroxyl groups is 1. The van der Waals surface area contributed by atoms with Crippen molar-refractivity contribution in [2.45, 2.75) is 33.3 Å². The average Bonchev–Trinajstić information content (AvgIpc) is 2.77. The Balaban J connectivity index is 2.44. The third-order valence-electron chi connectivity index (χ3n) is 2.82. The lowest BCUT2D eigenvalue weighted by atomic mass is 10.0. The zero-order valence-electron chi connectivity index (χ0n) is 10.3. The highest BCUT2D eigenvalue weighted by atomic mass is 16.5. The predicted octanol–water partition coefficient (Wildman–Crippen LogP) is 2.80. The summed E-state index contributed by atoms with van der Waals surface area (Å²) in [6, 6.07) is 6.00. The van der Waals surface area contributed by atoms with Crippen molar-refractivity contribution in [2.24, 2.45) is 0 Å². The lowest BCUT2D eigenvalue weighted by Crippen LogP contribution is -1.97. The number of hydrogen-bond acceptors (Lipinski definition) is 4. The highest BCUT2D eigenvalue weighted by Gasteiger charge is 2.17. The Labute approximate surface area is 100 Å². The van der Waals surface area contributed by atoms with E-state index in [9.17, 15) is 5.11 Å². The quantitative estimate of drug-likeness (QED) is 0.884. The molecule has 0 aliphatic heterocycles. The Morgan fingerprint density at radius 2 is 1.94 bits per heavy atom. The van der Waals surface area contributed by atoms with Gasteiger partial charge in [0.1, 0.15) is 6.10 Å². The molecule has 90 valence electrons. The monoisotopic (exact) mass is 232 g/mol. The van der Waals surface area contributed by atoms with Crippen LogP contribution in [-0.4, -0.2) is 15.2 Å². The van der Waals surface area contributed by atoms with Crippen molar-refractivity contribution in [2.75, 3.05) is 0 Å². The molecule has 1 unspecified atom stereocenters. The van der Waals surface area contributed by atoms with Crippen LogP contribution in [0.25, 0.3) is 11.5 Å². The van der Waals surface area contributed by atoms with E-state index in [4.69, 9.17) is 4.52 Å². The van der Waals surface area contributed by atoms with E-state index in [0.29, 0.717) is 18.1 Å². The molecule has 0 saturated heterocycles. The van der Waals surface area contributed by atoms with Crippen LogP contribution in [-0.2, 0) is 0 Å². The molecule has 1 aromatic carbocycles. The van der Waals surface area contributed by atoms with Crippen molar-refractivity contribution in [1.82, 2.24) is 10.1 Å². The van der Waals surface area contributed by atoms with Gasteiger partial charge in [0.05, 0.1) is 0 Å². The number of nitrogens with zero attached hydrogens (tertiary/aromatic N) is 2. The molecule has 4 nitrogen and oxygen atoms in total. The third kappa shape index (κ3) is 2.22. The van der Waals surface area contributed by atoms with Gasteiger partial charge in [-0.1, -0.05) is 30.3 Å². The van der Waals surface area contributed by atoms with Crippen molar-refractivity contribution in [3.8, 4) is 11.5 Å². The summed E-state index contributed by atoms with van der Waals surface area (Å²) >= 11 is 0. The normalized spacial score (nSPS) is 12.7. The van der Waals surface area contributed by atoms with E-state index in [1.807, 2.05) is 39.0 Å². The maximum absolute atomic E-state index is 9.64. The molecule has 0 radical (unpaired) electrons. The maximum Gasteiger partial charge on any atom is 0.258 e. The minimum absolute atomic E-state index is 0.352.